The first-order valence-electron chi connectivity index (χ1n) is 9.40. The number of hydrogen-bond donors (Lipinski definition) is 2. The molecule has 1 amide bonds. The van der Waals surface area contributed by atoms with E-state index in [1.165, 1.54) is 0 Å². The molecule has 0 saturated heterocycles. The number of nitrogens with zero attached hydrogens (tertiary/aromatic N) is 3. The van der Waals surface area contributed by atoms with E-state index in [2.05, 4.69) is 34.5 Å². The van der Waals surface area contributed by atoms with Crippen LogP contribution in [0.25, 0.3) is 5.69 Å². The van der Waals surface area contributed by atoms with Crippen LogP contribution in [0.2, 0.25) is 0 Å². The molecule has 2 N–H and O–H groups in total. The third-order valence-electron chi connectivity index (χ3n) is 5.24. The summed E-state index contributed by atoms with van der Waals surface area (Å²) < 4.78 is 7.22. The van der Waals surface area contributed by atoms with Gasteiger partial charge < -0.3 is 10.1 Å². The van der Waals surface area contributed by atoms with E-state index in [0.29, 0.717) is 5.69 Å². The van der Waals surface area contributed by atoms with Crippen molar-refractivity contribution in [3.05, 3.63) is 59.2 Å². The fraction of sp³-hybridized carbons (Fsp3) is 0.381. The lowest BCUT2D eigenvalue weighted by Gasteiger charge is -2.35. The molecule has 1 aliphatic carbocycles. The lowest BCUT2D eigenvalue weighted by molar-refractivity contribution is 0.0914. The zero-order chi connectivity index (χ0) is 19.9. The van der Waals surface area contributed by atoms with E-state index in [0.717, 1.165) is 41.2 Å². The summed E-state index contributed by atoms with van der Waals surface area (Å²) in [6.07, 6.45) is 3.61. The van der Waals surface area contributed by atoms with Gasteiger partial charge in [0.15, 0.2) is 0 Å². The number of aryl methyl sites for hydroxylation is 1. The summed E-state index contributed by atoms with van der Waals surface area (Å²) in [5, 5.41) is 14.7. The highest BCUT2D eigenvalue weighted by Gasteiger charge is 2.36. The second kappa shape index (κ2) is 6.82. The van der Waals surface area contributed by atoms with E-state index in [1.807, 2.05) is 42.1 Å². The van der Waals surface area contributed by atoms with E-state index in [9.17, 15) is 4.79 Å². The van der Waals surface area contributed by atoms with Gasteiger partial charge in [-0.25, -0.2) is 4.68 Å². The average Bonchev–Trinajstić information content (AvgIpc) is 3.27. The van der Waals surface area contributed by atoms with Crippen LogP contribution in [0, 0.1) is 12.3 Å². The predicted molar refractivity (Wildman–Crippen MR) is 106 cm³/mol. The molecule has 1 aliphatic rings. The summed E-state index contributed by atoms with van der Waals surface area (Å²) in [4.78, 5) is 12.7. The molecule has 0 aliphatic heterocycles. The molecule has 2 heterocycles. The lowest BCUT2D eigenvalue weighted by atomic mass is 9.74. The van der Waals surface area contributed by atoms with Crippen LogP contribution in [-0.2, 0) is 6.42 Å². The molecule has 1 aromatic carbocycles. The number of rotatable bonds is 4. The summed E-state index contributed by atoms with van der Waals surface area (Å²) in [5.41, 5.74) is 4.48. The van der Waals surface area contributed by atoms with E-state index >= 15 is 0 Å². The van der Waals surface area contributed by atoms with Crippen molar-refractivity contribution in [2.45, 2.75) is 39.7 Å². The Balaban J connectivity index is 1.66. The Bertz CT molecular complexity index is 1000. The highest BCUT2D eigenvalue weighted by atomic mass is 16.5. The maximum absolute atomic E-state index is 12.7. The Hall–Kier alpha value is -3.09. The molecule has 0 spiro atoms. The Labute approximate surface area is 164 Å². The molecule has 1 unspecified atom stereocenters. The highest BCUT2D eigenvalue weighted by Crippen LogP contribution is 2.41. The monoisotopic (exact) mass is 379 g/mol. The zero-order valence-corrected chi connectivity index (χ0v) is 16.6. The molecule has 2 aromatic heterocycles. The van der Waals surface area contributed by atoms with Gasteiger partial charge in [0.05, 0.1) is 30.7 Å². The van der Waals surface area contributed by atoms with Crippen molar-refractivity contribution in [1.29, 1.82) is 0 Å². The zero-order valence-electron chi connectivity index (χ0n) is 16.6. The van der Waals surface area contributed by atoms with Gasteiger partial charge in [-0.1, -0.05) is 13.8 Å². The maximum Gasteiger partial charge on any atom is 0.272 e. The van der Waals surface area contributed by atoms with Gasteiger partial charge >= 0.3 is 0 Å². The molecular weight excluding hydrogens is 354 g/mol. The van der Waals surface area contributed by atoms with Gasteiger partial charge in [-0.15, -0.1) is 0 Å². The molecule has 146 valence electrons. The summed E-state index contributed by atoms with van der Waals surface area (Å²) in [5.74, 6) is 0.639. The van der Waals surface area contributed by atoms with Crippen molar-refractivity contribution in [2.75, 3.05) is 7.11 Å². The van der Waals surface area contributed by atoms with Crippen molar-refractivity contribution in [1.82, 2.24) is 25.3 Å². The van der Waals surface area contributed by atoms with Gasteiger partial charge in [-0.05, 0) is 55.5 Å². The number of aromatic nitrogens is 4. The number of hydrogen-bond acceptors (Lipinski definition) is 4. The number of amides is 1. The number of ether oxygens (including phenoxy) is 1. The first-order valence-corrected chi connectivity index (χ1v) is 9.40. The normalized spacial score (nSPS) is 17.8. The first kappa shape index (κ1) is 18.3. The number of methoxy groups -OCH3 is 1. The number of fused-ring (bicyclic) bond motifs is 1. The third kappa shape index (κ3) is 3.40. The molecule has 7 nitrogen and oxygen atoms in total. The van der Waals surface area contributed by atoms with Crippen LogP contribution in [-0.4, -0.2) is 33.0 Å². The fourth-order valence-electron chi connectivity index (χ4n) is 3.88. The van der Waals surface area contributed by atoms with Crippen LogP contribution >= 0.6 is 0 Å². The van der Waals surface area contributed by atoms with Gasteiger partial charge in [0.2, 0.25) is 0 Å². The lowest BCUT2D eigenvalue weighted by Crippen LogP contribution is -2.37. The second-order valence-corrected chi connectivity index (χ2v) is 8.16. The number of H-pyrrole nitrogens is 1. The first-order chi connectivity index (χ1) is 13.4. The number of nitrogens with one attached hydrogen (secondary N) is 2. The summed E-state index contributed by atoms with van der Waals surface area (Å²) >= 11 is 0. The van der Waals surface area contributed by atoms with E-state index in [1.54, 1.807) is 13.2 Å². The molecular formula is C21H25N5O2. The smallest absolute Gasteiger partial charge is 0.272 e. The van der Waals surface area contributed by atoms with E-state index < -0.39 is 0 Å². The van der Waals surface area contributed by atoms with Crippen molar-refractivity contribution >= 4 is 5.91 Å². The Kier molecular flexibility index (Phi) is 4.45. The predicted octanol–water partition coefficient (Wildman–Crippen LogP) is 3.36. The largest absolute Gasteiger partial charge is 0.497 e. The number of aromatic amines is 1. The topological polar surface area (TPSA) is 84.8 Å². The Morgan fingerprint density at radius 2 is 2.07 bits per heavy atom. The van der Waals surface area contributed by atoms with Crippen LogP contribution in [0.15, 0.2) is 36.5 Å². The molecule has 0 radical (unpaired) electrons. The quantitative estimate of drug-likeness (QED) is 0.728. The maximum atomic E-state index is 12.7. The summed E-state index contributed by atoms with van der Waals surface area (Å²) in [7, 11) is 1.65. The molecule has 0 bridgehead atoms. The number of benzene rings is 1. The van der Waals surface area contributed by atoms with Gasteiger partial charge in [0, 0.05) is 11.3 Å². The van der Waals surface area contributed by atoms with Gasteiger partial charge in [-0.2, -0.15) is 10.2 Å². The van der Waals surface area contributed by atoms with E-state index in [-0.39, 0.29) is 17.4 Å². The minimum Gasteiger partial charge on any atom is -0.497 e. The highest BCUT2D eigenvalue weighted by molar-refractivity contribution is 5.92. The summed E-state index contributed by atoms with van der Waals surface area (Å²) in [6.45, 7) is 6.32. The minimum absolute atomic E-state index is 0.0384. The minimum atomic E-state index is -0.171. The van der Waals surface area contributed by atoms with Crippen molar-refractivity contribution < 1.29 is 9.53 Å². The molecule has 0 fully saturated rings. The van der Waals surface area contributed by atoms with Gasteiger partial charge in [-0.3, -0.25) is 9.89 Å². The molecule has 3 aromatic rings. The van der Waals surface area contributed by atoms with Gasteiger partial charge in [0.25, 0.3) is 5.91 Å². The molecule has 0 saturated carbocycles. The Morgan fingerprint density at radius 3 is 2.71 bits per heavy atom. The standard InChI is InChI=1S/C21H25N5O2/c1-13-9-17(25-24-13)20(27)23-18-10-21(2,3)11-19-16(18)12-22-26(19)14-5-7-15(28-4)8-6-14/h5-9,12,18H,10-11H2,1-4H3,(H,23,27)(H,24,25). The molecule has 28 heavy (non-hydrogen) atoms. The van der Waals surface area contributed by atoms with Crippen LogP contribution < -0.4 is 10.1 Å². The van der Waals surface area contributed by atoms with Crippen LogP contribution in [0.3, 0.4) is 0 Å². The fourth-order valence-corrected chi connectivity index (χ4v) is 3.88. The second-order valence-electron chi connectivity index (χ2n) is 8.16. The van der Waals surface area contributed by atoms with E-state index in [4.69, 9.17) is 4.74 Å². The van der Waals surface area contributed by atoms with Gasteiger partial charge in [0.1, 0.15) is 11.4 Å². The third-order valence-corrected chi connectivity index (χ3v) is 5.24. The van der Waals surface area contributed by atoms with Crippen molar-refractivity contribution in [3.8, 4) is 11.4 Å². The Morgan fingerprint density at radius 1 is 1.32 bits per heavy atom. The molecule has 1 atom stereocenters. The van der Waals surface area contributed by atoms with Crippen LogP contribution in [0.1, 0.15) is 53.7 Å². The average molecular weight is 379 g/mol. The van der Waals surface area contributed by atoms with Crippen molar-refractivity contribution in [2.24, 2.45) is 5.41 Å². The molecule has 4 rings (SSSR count). The van der Waals surface area contributed by atoms with Crippen LogP contribution in [0.4, 0.5) is 0 Å². The number of carbonyl (C=O) groups is 1. The van der Waals surface area contributed by atoms with Crippen molar-refractivity contribution in [3.63, 3.8) is 0 Å². The molecule has 7 heteroatoms. The summed E-state index contributed by atoms with van der Waals surface area (Å²) in [6, 6.07) is 9.50. The van der Waals surface area contributed by atoms with Crippen LogP contribution in [0.5, 0.6) is 5.75 Å². The SMILES string of the molecule is COc1ccc(-n2ncc3c2CC(C)(C)CC3NC(=O)c2cc(C)[nH]n2)cc1. The number of carbonyl (C=O) groups excluding carboxylic acids is 1.